The van der Waals surface area contributed by atoms with E-state index >= 15 is 0 Å². The largest absolute Gasteiger partial charge is 0.341 e. The van der Waals surface area contributed by atoms with Crippen molar-refractivity contribution in [2.24, 2.45) is 0 Å². The van der Waals surface area contributed by atoms with Crippen molar-refractivity contribution in [2.45, 2.75) is 19.3 Å². The average molecular weight is 338 g/mol. The van der Waals surface area contributed by atoms with Gasteiger partial charge in [0.2, 0.25) is 5.95 Å². The lowest BCUT2D eigenvalue weighted by molar-refractivity contribution is 0.102. The Morgan fingerprint density at radius 2 is 1.96 bits per heavy atom. The van der Waals surface area contributed by atoms with Crippen molar-refractivity contribution in [1.29, 1.82) is 0 Å². The second-order valence-corrected chi connectivity index (χ2v) is 6.80. The van der Waals surface area contributed by atoms with Crippen LogP contribution in [0.4, 0.5) is 11.6 Å². The number of nitrogens with one attached hydrogen (secondary N) is 1. The Morgan fingerprint density at radius 3 is 2.83 bits per heavy atom. The van der Waals surface area contributed by atoms with Crippen LogP contribution in [0, 0.1) is 0 Å². The zero-order chi connectivity index (χ0) is 16.4. The number of anilines is 2. The van der Waals surface area contributed by atoms with Crippen molar-refractivity contribution in [3.63, 3.8) is 0 Å². The molecule has 0 atom stereocenters. The van der Waals surface area contributed by atoms with Crippen LogP contribution in [-0.2, 0) is 0 Å². The quantitative estimate of drug-likeness (QED) is 0.786. The molecule has 1 N–H and O–H groups in total. The molecule has 1 amide bonds. The van der Waals surface area contributed by atoms with Crippen LogP contribution in [0.1, 0.15) is 29.8 Å². The Labute approximate surface area is 144 Å². The first-order valence-electron chi connectivity index (χ1n) is 8.17. The van der Waals surface area contributed by atoms with Crippen LogP contribution >= 0.6 is 11.3 Å². The van der Waals surface area contributed by atoms with Crippen LogP contribution < -0.4 is 10.2 Å². The summed E-state index contributed by atoms with van der Waals surface area (Å²) in [5.74, 6) is 0.455. The number of carbonyl (C=O) groups is 1. The predicted octanol–water partition coefficient (Wildman–Crippen LogP) is 3.93. The number of amides is 1. The minimum absolute atomic E-state index is 0.195. The SMILES string of the molecule is O=C(Nc1csc2ccccc12)c1ccnc(N2CCCCC2)n1. The molecule has 0 spiro atoms. The van der Waals surface area contributed by atoms with Gasteiger partial charge < -0.3 is 10.2 Å². The minimum Gasteiger partial charge on any atom is -0.341 e. The summed E-state index contributed by atoms with van der Waals surface area (Å²) in [6, 6.07) is 9.70. The molecular weight excluding hydrogens is 320 g/mol. The summed E-state index contributed by atoms with van der Waals surface area (Å²) in [4.78, 5) is 23.5. The summed E-state index contributed by atoms with van der Waals surface area (Å²) in [6.45, 7) is 1.92. The number of carbonyl (C=O) groups excluding carboxylic acids is 1. The molecule has 0 bridgehead atoms. The van der Waals surface area contributed by atoms with Gasteiger partial charge in [0.05, 0.1) is 5.69 Å². The third-order valence-electron chi connectivity index (χ3n) is 4.24. The average Bonchev–Trinajstić information content (AvgIpc) is 3.06. The maximum absolute atomic E-state index is 12.6. The van der Waals surface area contributed by atoms with Crippen molar-refractivity contribution in [1.82, 2.24) is 9.97 Å². The summed E-state index contributed by atoms with van der Waals surface area (Å²) in [5.41, 5.74) is 1.24. The van der Waals surface area contributed by atoms with Gasteiger partial charge in [0.1, 0.15) is 5.69 Å². The fraction of sp³-hybridized carbons (Fsp3) is 0.278. The molecule has 1 aromatic carbocycles. The van der Waals surface area contributed by atoms with Gasteiger partial charge >= 0.3 is 0 Å². The molecular formula is C18H18N4OS. The topological polar surface area (TPSA) is 58.1 Å². The molecule has 24 heavy (non-hydrogen) atoms. The molecule has 1 aliphatic heterocycles. The van der Waals surface area contributed by atoms with E-state index in [2.05, 4.69) is 26.3 Å². The lowest BCUT2D eigenvalue weighted by atomic mass is 10.1. The van der Waals surface area contributed by atoms with E-state index in [0.717, 1.165) is 41.7 Å². The molecule has 122 valence electrons. The number of piperidine rings is 1. The highest BCUT2D eigenvalue weighted by Gasteiger charge is 2.16. The first-order chi connectivity index (χ1) is 11.8. The summed E-state index contributed by atoms with van der Waals surface area (Å²) in [7, 11) is 0. The third kappa shape index (κ3) is 2.97. The van der Waals surface area contributed by atoms with E-state index in [4.69, 9.17) is 0 Å². The first kappa shape index (κ1) is 15.1. The minimum atomic E-state index is -0.195. The van der Waals surface area contributed by atoms with Gasteiger partial charge in [0, 0.05) is 34.8 Å². The predicted molar refractivity (Wildman–Crippen MR) is 97.9 cm³/mol. The molecule has 3 aromatic rings. The molecule has 6 heteroatoms. The number of fused-ring (bicyclic) bond motifs is 1. The Balaban J connectivity index is 1.56. The van der Waals surface area contributed by atoms with E-state index in [1.165, 1.54) is 6.42 Å². The Bertz CT molecular complexity index is 870. The van der Waals surface area contributed by atoms with Gasteiger partial charge in [0.15, 0.2) is 0 Å². The van der Waals surface area contributed by atoms with Crippen molar-refractivity contribution in [3.8, 4) is 0 Å². The summed E-state index contributed by atoms with van der Waals surface area (Å²) >= 11 is 1.62. The molecule has 0 saturated carbocycles. The van der Waals surface area contributed by atoms with E-state index in [1.54, 1.807) is 23.6 Å². The van der Waals surface area contributed by atoms with Crippen LogP contribution in [0.15, 0.2) is 41.9 Å². The highest BCUT2D eigenvalue weighted by atomic mass is 32.1. The Kier molecular flexibility index (Phi) is 4.13. The Morgan fingerprint density at radius 1 is 1.12 bits per heavy atom. The van der Waals surface area contributed by atoms with E-state index < -0.39 is 0 Å². The van der Waals surface area contributed by atoms with Gasteiger partial charge in [-0.25, -0.2) is 9.97 Å². The van der Waals surface area contributed by atoms with Crippen LogP contribution in [0.25, 0.3) is 10.1 Å². The molecule has 5 nitrogen and oxygen atoms in total. The zero-order valence-corrected chi connectivity index (χ0v) is 14.1. The number of aromatic nitrogens is 2. The molecule has 1 saturated heterocycles. The van der Waals surface area contributed by atoms with Gasteiger partial charge in [-0.15, -0.1) is 11.3 Å². The second kappa shape index (κ2) is 6.57. The molecule has 4 rings (SSSR count). The van der Waals surface area contributed by atoms with Crippen molar-refractivity contribution in [3.05, 3.63) is 47.6 Å². The highest BCUT2D eigenvalue weighted by Crippen LogP contribution is 2.30. The van der Waals surface area contributed by atoms with Gasteiger partial charge in [-0.05, 0) is 31.4 Å². The van der Waals surface area contributed by atoms with Crippen molar-refractivity contribution in [2.75, 3.05) is 23.3 Å². The summed E-state index contributed by atoms with van der Waals surface area (Å²) < 4.78 is 1.16. The fourth-order valence-electron chi connectivity index (χ4n) is 2.98. The molecule has 0 radical (unpaired) electrons. The lowest BCUT2D eigenvalue weighted by Gasteiger charge is -2.26. The molecule has 1 fully saturated rings. The van der Waals surface area contributed by atoms with Gasteiger partial charge in [0.25, 0.3) is 5.91 Å². The Hall–Kier alpha value is -2.47. The van der Waals surface area contributed by atoms with Crippen LogP contribution in [0.2, 0.25) is 0 Å². The van der Waals surface area contributed by atoms with Crippen molar-refractivity contribution < 1.29 is 4.79 Å². The van der Waals surface area contributed by atoms with E-state index in [9.17, 15) is 4.79 Å². The number of hydrogen-bond donors (Lipinski definition) is 1. The monoisotopic (exact) mass is 338 g/mol. The van der Waals surface area contributed by atoms with Gasteiger partial charge in [-0.2, -0.15) is 0 Å². The molecule has 0 aliphatic carbocycles. The number of rotatable bonds is 3. The van der Waals surface area contributed by atoms with E-state index in [1.807, 2.05) is 23.6 Å². The molecule has 1 aliphatic rings. The maximum atomic E-state index is 12.6. The number of benzene rings is 1. The second-order valence-electron chi connectivity index (χ2n) is 5.89. The van der Waals surface area contributed by atoms with Gasteiger partial charge in [-0.1, -0.05) is 18.2 Å². The summed E-state index contributed by atoms with van der Waals surface area (Å²) in [6.07, 6.45) is 5.22. The normalized spacial score (nSPS) is 14.8. The smallest absolute Gasteiger partial charge is 0.274 e. The van der Waals surface area contributed by atoms with Crippen LogP contribution in [-0.4, -0.2) is 29.0 Å². The maximum Gasteiger partial charge on any atom is 0.274 e. The molecule has 3 heterocycles. The number of hydrogen-bond acceptors (Lipinski definition) is 5. The molecule has 2 aromatic heterocycles. The van der Waals surface area contributed by atoms with E-state index in [-0.39, 0.29) is 5.91 Å². The third-order valence-corrected chi connectivity index (χ3v) is 5.21. The van der Waals surface area contributed by atoms with Crippen LogP contribution in [0.5, 0.6) is 0 Å². The summed E-state index contributed by atoms with van der Waals surface area (Å²) in [5, 5.41) is 6.00. The van der Waals surface area contributed by atoms with E-state index in [0.29, 0.717) is 11.6 Å². The lowest BCUT2D eigenvalue weighted by Crippen LogP contribution is -2.31. The van der Waals surface area contributed by atoms with Crippen LogP contribution in [0.3, 0.4) is 0 Å². The number of nitrogens with zero attached hydrogens (tertiary/aromatic N) is 3. The van der Waals surface area contributed by atoms with Gasteiger partial charge in [-0.3, -0.25) is 4.79 Å². The first-order valence-corrected chi connectivity index (χ1v) is 9.05. The number of thiophene rings is 1. The molecule has 0 unspecified atom stereocenters. The van der Waals surface area contributed by atoms with Crippen molar-refractivity contribution >= 4 is 39.0 Å². The fourth-order valence-corrected chi connectivity index (χ4v) is 3.87. The standard InChI is InChI=1S/C18H18N4OS/c23-17(20-15-12-24-16-7-3-2-6-13(15)16)14-8-9-19-18(21-14)22-10-4-1-5-11-22/h2-3,6-9,12H,1,4-5,10-11H2,(H,20,23). The highest BCUT2D eigenvalue weighted by molar-refractivity contribution is 7.17. The zero-order valence-electron chi connectivity index (χ0n) is 13.2.